The molecule has 3 aromatic rings. The van der Waals surface area contributed by atoms with Crippen LogP contribution >= 0.6 is 11.8 Å². The molecule has 1 aromatic heterocycles. The maximum absolute atomic E-state index is 12.4. The van der Waals surface area contributed by atoms with Gasteiger partial charge in [-0.3, -0.25) is 9.89 Å². The Morgan fingerprint density at radius 1 is 1.14 bits per heavy atom. The second kappa shape index (κ2) is 9.38. The topological polar surface area (TPSA) is 97.0 Å². The summed E-state index contributed by atoms with van der Waals surface area (Å²) in [6, 6.07) is 14.6. The Bertz CT molecular complexity index is 1020. The summed E-state index contributed by atoms with van der Waals surface area (Å²) >= 11 is 1.21. The van der Waals surface area contributed by atoms with Gasteiger partial charge in [0.1, 0.15) is 0 Å². The second-order valence-electron chi connectivity index (χ2n) is 6.62. The van der Waals surface area contributed by atoms with E-state index in [0.29, 0.717) is 22.2 Å². The maximum Gasteiger partial charge on any atom is 0.340 e. The van der Waals surface area contributed by atoms with Crippen molar-refractivity contribution in [2.45, 2.75) is 32.0 Å². The number of carbonyl (C=O) groups is 2. The molecule has 150 valence electrons. The highest BCUT2D eigenvalue weighted by Gasteiger charge is 2.16. The van der Waals surface area contributed by atoms with E-state index >= 15 is 0 Å². The molecule has 0 unspecified atom stereocenters. The van der Waals surface area contributed by atoms with Gasteiger partial charge in [0.25, 0.3) is 0 Å². The van der Waals surface area contributed by atoms with Crippen molar-refractivity contribution in [3.8, 4) is 11.4 Å². The number of anilines is 1. The van der Waals surface area contributed by atoms with E-state index in [1.807, 2.05) is 31.2 Å². The molecule has 0 fully saturated rings. The average molecular weight is 410 g/mol. The van der Waals surface area contributed by atoms with Crippen LogP contribution in [0.4, 0.5) is 5.69 Å². The zero-order valence-corrected chi connectivity index (χ0v) is 17.2. The molecule has 0 bridgehead atoms. The minimum Gasteiger partial charge on any atom is -0.459 e. The van der Waals surface area contributed by atoms with Gasteiger partial charge in [-0.25, -0.2) is 9.78 Å². The monoisotopic (exact) mass is 410 g/mol. The first kappa shape index (κ1) is 20.6. The van der Waals surface area contributed by atoms with E-state index in [1.54, 1.807) is 38.1 Å². The van der Waals surface area contributed by atoms with Crippen LogP contribution in [-0.2, 0) is 9.53 Å². The molecule has 1 amide bonds. The molecule has 0 aliphatic rings. The Kier molecular flexibility index (Phi) is 6.66. The normalized spacial score (nSPS) is 10.8. The summed E-state index contributed by atoms with van der Waals surface area (Å²) in [5.41, 5.74) is 2.79. The number of H-pyrrole nitrogens is 1. The number of nitrogens with one attached hydrogen (secondary N) is 2. The first-order valence-electron chi connectivity index (χ1n) is 9.15. The minimum absolute atomic E-state index is 0.110. The Morgan fingerprint density at radius 2 is 1.86 bits per heavy atom. The van der Waals surface area contributed by atoms with Crippen molar-refractivity contribution >= 4 is 29.3 Å². The number of aromatic nitrogens is 3. The van der Waals surface area contributed by atoms with E-state index in [4.69, 9.17) is 4.74 Å². The fourth-order valence-electron chi connectivity index (χ4n) is 2.63. The molecule has 8 heteroatoms. The van der Waals surface area contributed by atoms with Gasteiger partial charge in [-0.15, -0.1) is 5.10 Å². The van der Waals surface area contributed by atoms with Gasteiger partial charge < -0.3 is 10.1 Å². The number of esters is 1. The van der Waals surface area contributed by atoms with Crippen LogP contribution in [0.5, 0.6) is 0 Å². The van der Waals surface area contributed by atoms with E-state index < -0.39 is 5.97 Å². The van der Waals surface area contributed by atoms with Crippen molar-refractivity contribution in [1.29, 1.82) is 0 Å². The van der Waals surface area contributed by atoms with Crippen molar-refractivity contribution < 1.29 is 14.3 Å². The number of hydrogen-bond acceptors (Lipinski definition) is 6. The molecule has 0 aliphatic heterocycles. The van der Waals surface area contributed by atoms with Crippen LogP contribution < -0.4 is 5.32 Å². The van der Waals surface area contributed by atoms with Crippen LogP contribution in [0.2, 0.25) is 0 Å². The van der Waals surface area contributed by atoms with Crippen molar-refractivity contribution in [3.63, 3.8) is 0 Å². The number of rotatable bonds is 7. The molecule has 0 saturated carbocycles. The molecule has 0 saturated heterocycles. The third-order valence-electron chi connectivity index (χ3n) is 3.96. The predicted octanol–water partition coefficient (Wildman–Crippen LogP) is 4.08. The number of benzene rings is 2. The largest absolute Gasteiger partial charge is 0.459 e. The lowest BCUT2D eigenvalue weighted by atomic mass is 10.1. The Labute approximate surface area is 173 Å². The highest BCUT2D eigenvalue weighted by atomic mass is 32.2. The number of ether oxygens (including phenoxy) is 1. The van der Waals surface area contributed by atoms with Crippen molar-refractivity contribution in [2.75, 3.05) is 11.1 Å². The van der Waals surface area contributed by atoms with Gasteiger partial charge in [-0.1, -0.05) is 48.2 Å². The fraction of sp³-hybridized carbons (Fsp3) is 0.238. The van der Waals surface area contributed by atoms with Gasteiger partial charge in [0.2, 0.25) is 11.1 Å². The third-order valence-corrected chi connectivity index (χ3v) is 4.81. The Balaban J connectivity index is 1.62. The molecule has 2 aromatic carbocycles. The first-order chi connectivity index (χ1) is 13.9. The number of hydrogen-bond donors (Lipinski definition) is 2. The number of amides is 1. The van der Waals surface area contributed by atoms with Crippen LogP contribution in [0.3, 0.4) is 0 Å². The zero-order chi connectivity index (χ0) is 20.8. The lowest BCUT2D eigenvalue weighted by Crippen LogP contribution is -2.18. The molecule has 0 radical (unpaired) electrons. The summed E-state index contributed by atoms with van der Waals surface area (Å²) in [6.45, 7) is 5.55. The van der Waals surface area contributed by atoms with Gasteiger partial charge in [-0.05, 0) is 38.5 Å². The highest BCUT2D eigenvalue weighted by molar-refractivity contribution is 7.99. The summed E-state index contributed by atoms with van der Waals surface area (Å²) in [7, 11) is 0. The Hall–Kier alpha value is -3.13. The molecule has 0 aliphatic carbocycles. The van der Waals surface area contributed by atoms with Gasteiger partial charge in [0.05, 0.1) is 23.1 Å². The molecule has 7 nitrogen and oxygen atoms in total. The third kappa shape index (κ3) is 5.45. The summed E-state index contributed by atoms with van der Waals surface area (Å²) < 4.78 is 5.22. The van der Waals surface area contributed by atoms with E-state index in [2.05, 4.69) is 20.5 Å². The lowest BCUT2D eigenvalue weighted by Gasteiger charge is -2.12. The summed E-state index contributed by atoms with van der Waals surface area (Å²) in [4.78, 5) is 29.0. The zero-order valence-electron chi connectivity index (χ0n) is 16.4. The van der Waals surface area contributed by atoms with Gasteiger partial charge in [-0.2, -0.15) is 0 Å². The summed E-state index contributed by atoms with van der Waals surface area (Å²) in [5.74, 6) is 0.0359. The van der Waals surface area contributed by atoms with Gasteiger partial charge in [0.15, 0.2) is 5.82 Å². The molecule has 0 atom stereocenters. The van der Waals surface area contributed by atoms with E-state index in [-0.39, 0.29) is 17.8 Å². The molecule has 3 rings (SSSR count). The SMILES string of the molecule is Cc1ccccc1-c1nc(SCC(=O)Nc2ccccc2C(=O)OC(C)C)n[nH]1. The van der Waals surface area contributed by atoms with Crippen LogP contribution in [-0.4, -0.2) is 38.9 Å². The quantitative estimate of drug-likeness (QED) is 0.450. The molecule has 1 heterocycles. The summed E-state index contributed by atoms with van der Waals surface area (Å²) in [6.07, 6.45) is -0.241. The van der Waals surface area contributed by atoms with Crippen molar-refractivity contribution in [3.05, 3.63) is 59.7 Å². The standard InChI is InChI=1S/C21H22N4O3S/c1-13(2)28-20(27)16-10-6-7-11-17(16)22-18(26)12-29-21-23-19(24-25-21)15-9-5-4-8-14(15)3/h4-11,13H,12H2,1-3H3,(H,22,26)(H,23,24,25). The molecule has 0 spiro atoms. The van der Waals surface area contributed by atoms with Gasteiger partial charge >= 0.3 is 5.97 Å². The number of aryl methyl sites for hydroxylation is 1. The number of carbonyl (C=O) groups excluding carboxylic acids is 2. The Morgan fingerprint density at radius 3 is 2.62 bits per heavy atom. The van der Waals surface area contributed by atoms with E-state index in [1.165, 1.54) is 11.8 Å². The van der Waals surface area contributed by atoms with Crippen LogP contribution in [0.25, 0.3) is 11.4 Å². The molecule has 2 N–H and O–H groups in total. The van der Waals surface area contributed by atoms with Crippen LogP contribution in [0, 0.1) is 6.92 Å². The average Bonchev–Trinajstić information content (AvgIpc) is 3.15. The van der Waals surface area contributed by atoms with Crippen molar-refractivity contribution in [1.82, 2.24) is 15.2 Å². The van der Waals surface area contributed by atoms with Crippen molar-refractivity contribution in [2.24, 2.45) is 0 Å². The molecular formula is C21H22N4O3S. The first-order valence-corrected chi connectivity index (χ1v) is 10.1. The van der Waals surface area contributed by atoms with Crippen LogP contribution in [0.15, 0.2) is 53.7 Å². The van der Waals surface area contributed by atoms with E-state index in [9.17, 15) is 9.59 Å². The molecular weight excluding hydrogens is 388 g/mol. The van der Waals surface area contributed by atoms with E-state index in [0.717, 1.165) is 11.1 Å². The minimum atomic E-state index is -0.472. The predicted molar refractivity (Wildman–Crippen MR) is 113 cm³/mol. The number of para-hydroxylation sites is 1. The second-order valence-corrected chi connectivity index (χ2v) is 7.56. The summed E-state index contributed by atoms with van der Waals surface area (Å²) in [5, 5.41) is 10.3. The number of thioether (sulfide) groups is 1. The van der Waals surface area contributed by atoms with Crippen LogP contribution in [0.1, 0.15) is 29.8 Å². The smallest absolute Gasteiger partial charge is 0.340 e. The van der Waals surface area contributed by atoms with Gasteiger partial charge in [0, 0.05) is 5.56 Å². The fourth-order valence-corrected chi connectivity index (χ4v) is 3.23. The number of aromatic amines is 1. The lowest BCUT2D eigenvalue weighted by molar-refractivity contribution is -0.113. The molecule has 29 heavy (non-hydrogen) atoms. The number of nitrogens with zero attached hydrogens (tertiary/aromatic N) is 2. The maximum atomic E-state index is 12.4. The highest BCUT2D eigenvalue weighted by Crippen LogP contribution is 2.22.